The van der Waals surface area contributed by atoms with E-state index < -0.39 is 4.92 Å². The topological polar surface area (TPSA) is 96.3 Å². The molecular formula is C19H23ClN4O3. The average Bonchev–Trinajstić information content (AvgIpc) is 2.67. The van der Waals surface area contributed by atoms with Crippen LogP contribution in [0.1, 0.15) is 28.8 Å². The fourth-order valence-corrected chi connectivity index (χ4v) is 3.01. The molecule has 1 unspecified atom stereocenters. The minimum absolute atomic E-state index is 0. The molecule has 8 heteroatoms. The largest absolute Gasteiger partial charge is 0.375 e. The van der Waals surface area contributed by atoms with Crippen LogP contribution in [0.4, 0.5) is 11.4 Å². The Morgan fingerprint density at radius 3 is 2.67 bits per heavy atom. The Labute approximate surface area is 164 Å². The van der Waals surface area contributed by atoms with Gasteiger partial charge < -0.3 is 16.0 Å². The van der Waals surface area contributed by atoms with Crippen LogP contribution in [0.15, 0.2) is 48.5 Å². The van der Waals surface area contributed by atoms with E-state index in [1.54, 1.807) is 12.1 Å². The molecule has 1 fully saturated rings. The third-order valence-corrected chi connectivity index (χ3v) is 4.41. The summed E-state index contributed by atoms with van der Waals surface area (Å²) in [4.78, 5) is 23.4. The maximum absolute atomic E-state index is 12.4. The number of nitro benzene ring substituents is 1. The quantitative estimate of drug-likeness (QED) is 0.520. The predicted molar refractivity (Wildman–Crippen MR) is 107 cm³/mol. The number of carbonyl (C=O) groups excluding carboxylic acids is 1. The molecule has 2 aromatic carbocycles. The van der Waals surface area contributed by atoms with Crippen molar-refractivity contribution in [3.8, 4) is 0 Å². The van der Waals surface area contributed by atoms with Gasteiger partial charge in [0.2, 0.25) is 0 Å². The first kappa shape index (κ1) is 20.7. The van der Waals surface area contributed by atoms with Gasteiger partial charge in [0.05, 0.1) is 4.92 Å². The number of carbonyl (C=O) groups is 1. The van der Waals surface area contributed by atoms with E-state index in [1.807, 2.05) is 30.3 Å². The molecule has 144 valence electrons. The minimum atomic E-state index is -0.466. The Morgan fingerprint density at radius 1 is 1.22 bits per heavy atom. The van der Waals surface area contributed by atoms with E-state index in [9.17, 15) is 14.9 Å². The van der Waals surface area contributed by atoms with Crippen LogP contribution in [-0.2, 0) is 6.54 Å². The summed E-state index contributed by atoms with van der Waals surface area (Å²) < 4.78 is 0. The molecule has 1 atom stereocenters. The van der Waals surface area contributed by atoms with Crippen molar-refractivity contribution < 1.29 is 9.72 Å². The highest BCUT2D eigenvalue weighted by Gasteiger charge is 2.20. The van der Waals surface area contributed by atoms with Crippen LogP contribution in [0.5, 0.6) is 0 Å². The van der Waals surface area contributed by atoms with Gasteiger partial charge in [-0.05, 0) is 37.1 Å². The highest BCUT2D eigenvalue weighted by molar-refractivity contribution is 5.96. The second-order valence-electron chi connectivity index (χ2n) is 6.34. The summed E-state index contributed by atoms with van der Waals surface area (Å²) in [7, 11) is 0. The second-order valence-corrected chi connectivity index (χ2v) is 6.34. The number of amides is 1. The van der Waals surface area contributed by atoms with E-state index in [1.165, 1.54) is 6.07 Å². The van der Waals surface area contributed by atoms with E-state index in [0.717, 1.165) is 31.5 Å². The second kappa shape index (κ2) is 9.89. The molecule has 0 saturated carbocycles. The number of nitrogens with zero attached hydrogens (tertiary/aromatic N) is 1. The van der Waals surface area contributed by atoms with Crippen LogP contribution >= 0.6 is 12.4 Å². The number of rotatable bonds is 6. The molecule has 0 aliphatic carbocycles. The smallest absolute Gasteiger partial charge is 0.293 e. The van der Waals surface area contributed by atoms with Crippen molar-refractivity contribution in [2.75, 3.05) is 18.4 Å². The van der Waals surface area contributed by atoms with Crippen LogP contribution in [0.25, 0.3) is 0 Å². The highest BCUT2D eigenvalue weighted by atomic mass is 35.5. The van der Waals surface area contributed by atoms with Crippen molar-refractivity contribution in [1.82, 2.24) is 10.6 Å². The molecule has 27 heavy (non-hydrogen) atoms. The van der Waals surface area contributed by atoms with E-state index in [0.29, 0.717) is 17.8 Å². The van der Waals surface area contributed by atoms with Crippen LogP contribution in [0, 0.1) is 10.1 Å². The van der Waals surface area contributed by atoms with Crippen molar-refractivity contribution in [3.63, 3.8) is 0 Å². The lowest BCUT2D eigenvalue weighted by molar-refractivity contribution is -0.384. The number of hydrogen-bond acceptors (Lipinski definition) is 5. The average molecular weight is 391 g/mol. The van der Waals surface area contributed by atoms with Crippen molar-refractivity contribution in [3.05, 3.63) is 69.8 Å². The van der Waals surface area contributed by atoms with Gasteiger partial charge in [0.1, 0.15) is 5.69 Å². The summed E-state index contributed by atoms with van der Waals surface area (Å²) in [5, 5.41) is 20.7. The zero-order valence-electron chi connectivity index (χ0n) is 14.8. The molecule has 1 heterocycles. The molecule has 0 radical (unpaired) electrons. The van der Waals surface area contributed by atoms with Gasteiger partial charge in [-0.3, -0.25) is 14.9 Å². The first-order chi connectivity index (χ1) is 12.6. The van der Waals surface area contributed by atoms with Crippen LogP contribution in [-0.4, -0.2) is 30.0 Å². The Bertz CT molecular complexity index is 780. The Hall–Kier alpha value is -2.64. The van der Waals surface area contributed by atoms with Gasteiger partial charge in [-0.1, -0.05) is 30.3 Å². The van der Waals surface area contributed by atoms with Gasteiger partial charge in [0.25, 0.3) is 11.6 Å². The molecule has 1 aliphatic rings. The molecule has 0 bridgehead atoms. The molecule has 1 saturated heterocycles. The summed E-state index contributed by atoms with van der Waals surface area (Å²) in [6.07, 6.45) is 1.92. The van der Waals surface area contributed by atoms with Gasteiger partial charge in [-0.25, -0.2) is 0 Å². The van der Waals surface area contributed by atoms with E-state index in [-0.39, 0.29) is 30.0 Å². The lowest BCUT2D eigenvalue weighted by Gasteiger charge is -2.23. The maximum Gasteiger partial charge on any atom is 0.293 e. The van der Waals surface area contributed by atoms with Crippen LogP contribution in [0.3, 0.4) is 0 Å². The third-order valence-electron chi connectivity index (χ3n) is 4.41. The molecule has 2 aromatic rings. The number of nitro groups is 1. The van der Waals surface area contributed by atoms with E-state index in [4.69, 9.17) is 0 Å². The Morgan fingerprint density at radius 2 is 2.00 bits per heavy atom. The van der Waals surface area contributed by atoms with Crippen molar-refractivity contribution >= 4 is 29.7 Å². The molecule has 3 N–H and O–H groups in total. The lowest BCUT2D eigenvalue weighted by Crippen LogP contribution is -2.45. The molecule has 7 nitrogen and oxygen atoms in total. The summed E-state index contributed by atoms with van der Waals surface area (Å²) >= 11 is 0. The summed E-state index contributed by atoms with van der Waals surface area (Å²) in [5.74, 6) is -0.281. The zero-order chi connectivity index (χ0) is 18.4. The summed E-state index contributed by atoms with van der Waals surface area (Å²) in [5.41, 5.74) is 1.62. The maximum atomic E-state index is 12.4. The predicted octanol–water partition coefficient (Wildman–Crippen LogP) is 3.11. The zero-order valence-corrected chi connectivity index (χ0v) is 15.6. The number of halogens is 1. The van der Waals surface area contributed by atoms with Gasteiger partial charge in [0, 0.05) is 30.8 Å². The fraction of sp³-hybridized carbons (Fsp3) is 0.316. The number of hydrogen-bond donors (Lipinski definition) is 3. The van der Waals surface area contributed by atoms with Crippen LogP contribution < -0.4 is 16.0 Å². The van der Waals surface area contributed by atoms with E-state index >= 15 is 0 Å². The number of nitrogens with one attached hydrogen (secondary N) is 3. The number of benzene rings is 2. The van der Waals surface area contributed by atoms with Crippen molar-refractivity contribution in [2.24, 2.45) is 0 Å². The van der Waals surface area contributed by atoms with Gasteiger partial charge >= 0.3 is 0 Å². The molecular weight excluding hydrogens is 368 g/mol. The van der Waals surface area contributed by atoms with Gasteiger partial charge in [-0.2, -0.15) is 0 Å². The molecule has 3 rings (SSSR count). The molecule has 1 amide bonds. The SMILES string of the molecule is Cl.O=C(NC1CCCNC1)c1ccc(NCc2ccccc2)c([N+](=O)[O-])c1. The van der Waals surface area contributed by atoms with Gasteiger partial charge in [-0.15, -0.1) is 12.4 Å². The molecule has 0 aromatic heterocycles. The number of anilines is 1. The van der Waals surface area contributed by atoms with E-state index in [2.05, 4.69) is 16.0 Å². The highest BCUT2D eigenvalue weighted by Crippen LogP contribution is 2.26. The standard InChI is InChI=1S/C19H22N4O3.ClH/c24-19(22-16-7-4-10-20-13-16)15-8-9-17(18(11-15)23(25)26)21-12-14-5-2-1-3-6-14;/h1-3,5-6,8-9,11,16,20-21H,4,7,10,12-13H2,(H,22,24);1H. The molecule has 0 spiro atoms. The first-order valence-corrected chi connectivity index (χ1v) is 8.71. The summed E-state index contributed by atoms with van der Waals surface area (Å²) in [6, 6.07) is 14.2. The molecule has 1 aliphatic heterocycles. The lowest BCUT2D eigenvalue weighted by atomic mass is 10.1. The minimum Gasteiger partial charge on any atom is -0.375 e. The summed E-state index contributed by atoms with van der Waals surface area (Å²) in [6.45, 7) is 2.16. The third kappa shape index (κ3) is 5.67. The Kier molecular flexibility index (Phi) is 7.57. The normalized spacial score (nSPS) is 16.1. The fourth-order valence-electron chi connectivity index (χ4n) is 3.01. The van der Waals surface area contributed by atoms with Crippen molar-refractivity contribution in [2.45, 2.75) is 25.4 Å². The first-order valence-electron chi connectivity index (χ1n) is 8.71. The monoisotopic (exact) mass is 390 g/mol. The Balaban J connectivity index is 0.00000261. The van der Waals surface area contributed by atoms with Crippen LogP contribution in [0.2, 0.25) is 0 Å². The van der Waals surface area contributed by atoms with Gasteiger partial charge in [0.15, 0.2) is 0 Å². The van der Waals surface area contributed by atoms with Crippen molar-refractivity contribution in [1.29, 1.82) is 0 Å². The number of piperidine rings is 1.